The van der Waals surface area contributed by atoms with E-state index in [0.717, 1.165) is 29.5 Å². The summed E-state index contributed by atoms with van der Waals surface area (Å²) in [6.45, 7) is 9.73. The number of nitrogens with zero attached hydrogens (tertiary/aromatic N) is 3. The first-order valence-corrected chi connectivity index (χ1v) is 25.9. The highest BCUT2D eigenvalue weighted by atomic mass is 31.2. The van der Waals surface area contributed by atoms with E-state index in [4.69, 9.17) is 42.2 Å². The van der Waals surface area contributed by atoms with Gasteiger partial charge in [-0.25, -0.2) is 14.0 Å². The van der Waals surface area contributed by atoms with Crippen LogP contribution < -0.4 is 25.5 Å². The Morgan fingerprint density at radius 3 is 1.90 bits per heavy atom. The largest absolute Gasteiger partial charge is 0.497 e. The van der Waals surface area contributed by atoms with Gasteiger partial charge in [-0.3, -0.25) is 28.2 Å². The van der Waals surface area contributed by atoms with E-state index in [-0.39, 0.29) is 56.0 Å². The zero-order chi connectivity index (χ0) is 51.6. The number of likely N-dealkylation sites (tertiary alicyclic amines) is 1. The summed E-state index contributed by atoms with van der Waals surface area (Å²) in [5, 5.41) is 0. The van der Waals surface area contributed by atoms with Crippen molar-refractivity contribution in [1.29, 1.82) is 0 Å². The summed E-state index contributed by atoms with van der Waals surface area (Å²) in [4.78, 5) is 44.7. The van der Waals surface area contributed by atoms with Gasteiger partial charge in [-0.1, -0.05) is 54.6 Å². The average Bonchev–Trinajstić information content (AvgIpc) is 3.99. The fourth-order valence-electron chi connectivity index (χ4n) is 9.77. The molecule has 2 saturated heterocycles. The van der Waals surface area contributed by atoms with Crippen LogP contribution in [0.15, 0.2) is 119 Å². The summed E-state index contributed by atoms with van der Waals surface area (Å²) in [6, 6.07) is 31.0. The number of benzene rings is 4. The number of nitrogens with one attached hydrogen (secondary N) is 1. The second kappa shape index (κ2) is 24.4. The van der Waals surface area contributed by atoms with Crippen LogP contribution in [0.5, 0.6) is 17.2 Å². The van der Waals surface area contributed by atoms with Gasteiger partial charge in [0.25, 0.3) is 11.5 Å². The zero-order valence-corrected chi connectivity index (χ0v) is 43.6. The SMILES string of the molecule is COCCO[C@@H]1[C@H](OP(=O)(OCC[C@@H]2CCCN2C(=O)c2ccc(OC)cc2)N(C(C)C)C(C)C)[C@@H](COC(c2ccccc2)(c2ccc(OC)cc2)c2ccc(OC)cc2)O[C@H]1n1cc(C)c(=O)[nH]c1=O. The number of carbonyl (C=O) groups is 1. The Bertz CT molecular complexity index is 2640. The molecule has 1 amide bonds. The molecule has 4 aromatic carbocycles. The molecule has 17 nitrogen and oxygen atoms in total. The number of hydrogen-bond donors (Lipinski definition) is 1. The van der Waals surface area contributed by atoms with Crippen molar-refractivity contribution < 1.29 is 51.6 Å². The normalized spacial score (nSPS) is 20.1. The molecule has 0 spiro atoms. The first-order chi connectivity index (χ1) is 34.7. The Labute approximate surface area is 421 Å². The number of carbonyl (C=O) groups excluding carboxylic acids is 1. The molecule has 5 aromatic rings. The molecule has 2 fully saturated rings. The third kappa shape index (κ3) is 11.9. The van der Waals surface area contributed by atoms with Crippen LogP contribution in [0.2, 0.25) is 0 Å². The molecule has 1 N–H and O–H groups in total. The molecule has 1 aromatic heterocycles. The first kappa shape index (κ1) is 54.2. The van der Waals surface area contributed by atoms with Gasteiger partial charge in [0.1, 0.15) is 41.2 Å². The van der Waals surface area contributed by atoms with Crippen molar-refractivity contribution in [2.75, 3.05) is 61.4 Å². The van der Waals surface area contributed by atoms with Crippen LogP contribution in [-0.4, -0.2) is 123 Å². The van der Waals surface area contributed by atoms with Crippen LogP contribution in [0.1, 0.15) is 85.8 Å². The Kier molecular flexibility index (Phi) is 18.4. The van der Waals surface area contributed by atoms with Gasteiger partial charge in [0.15, 0.2) is 6.23 Å². The van der Waals surface area contributed by atoms with Crippen LogP contribution in [0.4, 0.5) is 0 Å². The van der Waals surface area contributed by atoms with Crippen molar-refractivity contribution in [3.63, 3.8) is 0 Å². The van der Waals surface area contributed by atoms with Gasteiger partial charge >= 0.3 is 13.4 Å². The van der Waals surface area contributed by atoms with Gasteiger partial charge in [-0.15, -0.1) is 0 Å². The molecule has 0 radical (unpaired) electrons. The van der Waals surface area contributed by atoms with Crippen molar-refractivity contribution in [2.24, 2.45) is 0 Å². The highest BCUT2D eigenvalue weighted by Gasteiger charge is 2.54. The van der Waals surface area contributed by atoms with Crippen LogP contribution in [0.25, 0.3) is 0 Å². The minimum atomic E-state index is -4.38. The van der Waals surface area contributed by atoms with Crippen LogP contribution in [0, 0.1) is 6.92 Å². The van der Waals surface area contributed by atoms with E-state index in [1.807, 2.05) is 111 Å². The van der Waals surface area contributed by atoms with Gasteiger partial charge in [0.05, 0.1) is 47.8 Å². The molecule has 2 aliphatic rings. The van der Waals surface area contributed by atoms with E-state index in [0.29, 0.717) is 35.8 Å². The maximum atomic E-state index is 16.1. The van der Waals surface area contributed by atoms with Gasteiger partial charge < -0.3 is 38.1 Å². The molecule has 2 aliphatic heterocycles. The smallest absolute Gasteiger partial charge is 0.409 e. The maximum Gasteiger partial charge on any atom is 0.409 e. The maximum absolute atomic E-state index is 16.1. The lowest BCUT2D eigenvalue weighted by molar-refractivity contribution is -0.0993. The minimum Gasteiger partial charge on any atom is -0.497 e. The highest BCUT2D eigenvalue weighted by Crippen LogP contribution is 2.58. The summed E-state index contributed by atoms with van der Waals surface area (Å²) in [5.41, 5.74) is 0.442. The summed E-state index contributed by atoms with van der Waals surface area (Å²) in [6.07, 6.45) is -1.40. The van der Waals surface area contributed by atoms with Gasteiger partial charge in [-0.2, -0.15) is 0 Å². The van der Waals surface area contributed by atoms with E-state index in [9.17, 15) is 14.4 Å². The lowest BCUT2D eigenvalue weighted by Crippen LogP contribution is -2.45. The Balaban J connectivity index is 1.31. The second-order valence-electron chi connectivity index (χ2n) is 18.4. The summed E-state index contributed by atoms with van der Waals surface area (Å²) < 4.78 is 75.5. The Hall–Kier alpha value is -5.62. The average molecular weight is 1010 g/mol. The molecule has 72 heavy (non-hydrogen) atoms. The number of H-pyrrole nitrogens is 1. The fraction of sp³-hybridized carbons (Fsp3) is 0.463. The fourth-order valence-corrected chi connectivity index (χ4v) is 12.1. The third-order valence-corrected chi connectivity index (χ3v) is 15.7. The van der Waals surface area contributed by atoms with Crippen LogP contribution >= 0.6 is 7.75 Å². The van der Waals surface area contributed by atoms with Crippen molar-refractivity contribution in [3.05, 3.63) is 158 Å². The van der Waals surface area contributed by atoms with Crippen molar-refractivity contribution in [2.45, 2.75) is 102 Å². The summed E-state index contributed by atoms with van der Waals surface area (Å²) >= 11 is 0. The van der Waals surface area contributed by atoms with Crippen LogP contribution in [-0.2, 0) is 38.2 Å². The van der Waals surface area contributed by atoms with Gasteiger partial charge in [0, 0.05) is 49.1 Å². The number of amides is 1. The number of aromatic amines is 1. The van der Waals surface area contributed by atoms with E-state index >= 15 is 4.57 Å². The van der Waals surface area contributed by atoms with Crippen LogP contribution in [0.3, 0.4) is 0 Å². The Morgan fingerprint density at radius 1 is 0.778 bits per heavy atom. The lowest BCUT2D eigenvalue weighted by Gasteiger charge is -2.40. The van der Waals surface area contributed by atoms with Gasteiger partial charge in [0.2, 0.25) is 0 Å². The number of rotatable bonds is 24. The van der Waals surface area contributed by atoms with Crippen molar-refractivity contribution in [3.8, 4) is 17.2 Å². The number of aryl methyl sites for hydroxylation is 1. The predicted octanol–water partition coefficient (Wildman–Crippen LogP) is 8.13. The summed E-state index contributed by atoms with van der Waals surface area (Å²) in [5.74, 6) is 1.83. The molecule has 388 valence electrons. The van der Waals surface area contributed by atoms with E-state index in [1.54, 1.807) is 57.2 Å². The summed E-state index contributed by atoms with van der Waals surface area (Å²) in [7, 11) is 1.94. The molecule has 6 atom stereocenters. The zero-order valence-electron chi connectivity index (χ0n) is 42.7. The molecular formula is C54H69N4O13P. The molecule has 0 aliphatic carbocycles. The quantitative estimate of drug-likeness (QED) is 0.0356. The standard InChI is InChI=1S/C54H69N4O13P/c1-36(2)58(37(3)4)72(62,69-31-29-43-16-13-30-56(43)51(60)39-17-23-44(64-7)24-18-39)71-48-47(70-52(49(48)67-33-32-63-6)57-34-38(5)50(59)55-53(57)61)35-68-54(40-14-11-10-12-15-40,41-19-25-45(65-8)26-20-41)42-21-27-46(66-9)28-22-42/h10-12,14-15,17-28,34,36-37,43,47-49,52H,13,16,29-33,35H2,1-9H3,(H,55,59,61)/t43-,47+,48+,49+,52+,72?/m0/s1. The van der Waals surface area contributed by atoms with Crippen molar-refractivity contribution in [1.82, 2.24) is 19.1 Å². The molecule has 0 bridgehead atoms. The number of aromatic nitrogens is 2. The monoisotopic (exact) mass is 1010 g/mol. The van der Waals surface area contributed by atoms with E-state index in [1.165, 1.54) is 17.9 Å². The van der Waals surface area contributed by atoms with E-state index < -0.39 is 49.1 Å². The molecule has 18 heteroatoms. The van der Waals surface area contributed by atoms with Gasteiger partial charge in [-0.05, 0) is 119 Å². The number of methoxy groups -OCH3 is 4. The number of hydrogen-bond acceptors (Lipinski definition) is 13. The highest BCUT2D eigenvalue weighted by molar-refractivity contribution is 7.51. The minimum absolute atomic E-state index is 0.0255. The molecule has 0 saturated carbocycles. The lowest BCUT2D eigenvalue weighted by atomic mass is 9.80. The first-order valence-electron chi connectivity index (χ1n) is 24.4. The second-order valence-corrected chi connectivity index (χ2v) is 20.3. The molecule has 1 unspecified atom stereocenters. The number of ether oxygens (including phenoxy) is 7. The third-order valence-electron chi connectivity index (χ3n) is 13.2. The Morgan fingerprint density at radius 2 is 1.35 bits per heavy atom. The molecular weight excluding hydrogens is 944 g/mol. The topological polar surface area (TPSA) is 179 Å². The molecule has 7 rings (SSSR count). The van der Waals surface area contributed by atoms with E-state index in [2.05, 4.69) is 4.98 Å². The molecule has 3 heterocycles. The predicted molar refractivity (Wildman–Crippen MR) is 272 cm³/mol. The van der Waals surface area contributed by atoms with Crippen molar-refractivity contribution >= 4 is 13.7 Å².